The standard InChI is InChI=1S/C18H16Cl2O6/c1-9-3-5-14(12(20)7-9)26-16(18(23)24)15(17(21)22)25-13-6-4-11(19)8-10(13)2/h3-8,15-16H,1-2H3,(H,21,22)(H,23,24). The topological polar surface area (TPSA) is 93.1 Å². The van der Waals surface area contributed by atoms with Crippen LogP contribution in [0.5, 0.6) is 11.5 Å². The van der Waals surface area contributed by atoms with Crippen LogP contribution >= 0.6 is 23.2 Å². The summed E-state index contributed by atoms with van der Waals surface area (Å²) < 4.78 is 10.8. The molecule has 138 valence electrons. The lowest BCUT2D eigenvalue weighted by Gasteiger charge is -2.24. The van der Waals surface area contributed by atoms with Crippen molar-refractivity contribution in [2.45, 2.75) is 26.1 Å². The summed E-state index contributed by atoms with van der Waals surface area (Å²) in [5.41, 5.74) is 1.40. The number of hydrogen-bond donors (Lipinski definition) is 2. The fraction of sp³-hybridized carbons (Fsp3) is 0.222. The van der Waals surface area contributed by atoms with Crippen molar-refractivity contribution in [3.05, 3.63) is 57.6 Å². The number of hydrogen-bond acceptors (Lipinski definition) is 4. The highest BCUT2D eigenvalue weighted by Gasteiger charge is 2.38. The van der Waals surface area contributed by atoms with Gasteiger partial charge in [-0.25, -0.2) is 9.59 Å². The van der Waals surface area contributed by atoms with Crippen LogP contribution < -0.4 is 9.47 Å². The van der Waals surface area contributed by atoms with Crippen LogP contribution in [-0.4, -0.2) is 34.4 Å². The Balaban J connectivity index is 2.33. The van der Waals surface area contributed by atoms with Crippen molar-refractivity contribution in [1.82, 2.24) is 0 Å². The van der Waals surface area contributed by atoms with Crippen LogP contribution in [0.4, 0.5) is 0 Å². The predicted octanol–water partition coefficient (Wildman–Crippen LogP) is 3.97. The molecule has 0 spiro atoms. The van der Waals surface area contributed by atoms with Gasteiger partial charge in [0.05, 0.1) is 5.02 Å². The second-order valence-electron chi connectivity index (χ2n) is 5.60. The van der Waals surface area contributed by atoms with Gasteiger partial charge in [0.15, 0.2) is 0 Å². The average Bonchev–Trinajstić information content (AvgIpc) is 2.53. The zero-order valence-electron chi connectivity index (χ0n) is 13.9. The summed E-state index contributed by atoms with van der Waals surface area (Å²) in [4.78, 5) is 23.3. The van der Waals surface area contributed by atoms with Crippen molar-refractivity contribution in [3.63, 3.8) is 0 Å². The lowest BCUT2D eigenvalue weighted by molar-refractivity contribution is -0.161. The summed E-state index contributed by atoms with van der Waals surface area (Å²) in [6, 6.07) is 9.26. The van der Waals surface area contributed by atoms with Crippen LogP contribution in [0.15, 0.2) is 36.4 Å². The van der Waals surface area contributed by atoms with Gasteiger partial charge in [0.2, 0.25) is 12.2 Å². The SMILES string of the molecule is Cc1ccc(OC(C(=O)O)C(Oc2ccc(Cl)cc2C)C(=O)O)c(Cl)c1. The molecule has 26 heavy (non-hydrogen) atoms. The Morgan fingerprint density at radius 2 is 1.42 bits per heavy atom. The fourth-order valence-corrected chi connectivity index (χ4v) is 2.71. The Kier molecular flexibility index (Phi) is 6.34. The predicted molar refractivity (Wildman–Crippen MR) is 96.5 cm³/mol. The van der Waals surface area contributed by atoms with Gasteiger partial charge < -0.3 is 19.7 Å². The Labute approximate surface area is 159 Å². The molecule has 2 rings (SSSR count). The number of aliphatic carboxylic acids is 2. The molecule has 0 aliphatic heterocycles. The molecule has 0 heterocycles. The van der Waals surface area contributed by atoms with Gasteiger partial charge in [0.1, 0.15) is 11.5 Å². The molecule has 0 radical (unpaired) electrons. The minimum absolute atomic E-state index is 0.0485. The summed E-state index contributed by atoms with van der Waals surface area (Å²) in [6.07, 6.45) is -3.62. The van der Waals surface area contributed by atoms with Crippen LogP contribution in [0, 0.1) is 13.8 Å². The van der Waals surface area contributed by atoms with E-state index in [1.54, 1.807) is 32.0 Å². The first-order chi connectivity index (χ1) is 12.2. The first-order valence-electron chi connectivity index (χ1n) is 7.50. The molecule has 2 aromatic carbocycles. The molecule has 0 amide bonds. The lowest BCUT2D eigenvalue weighted by Crippen LogP contribution is -2.47. The minimum Gasteiger partial charge on any atom is -0.478 e. The van der Waals surface area contributed by atoms with Gasteiger partial charge in [0, 0.05) is 5.02 Å². The molecule has 2 aromatic rings. The van der Waals surface area contributed by atoms with Gasteiger partial charge in [-0.1, -0.05) is 29.3 Å². The van der Waals surface area contributed by atoms with E-state index in [0.29, 0.717) is 10.6 Å². The van der Waals surface area contributed by atoms with Gasteiger partial charge in [0.25, 0.3) is 0 Å². The van der Waals surface area contributed by atoms with E-state index >= 15 is 0 Å². The smallest absolute Gasteiger partial charge is 0.349 e. The van der Waals surface area contributed by atoms with Gasteiger partial charge in [-0.15, -0.1) is 0 Å². The van der Waals surface area contributed by atoms with Crippen LogP contribution in [0.3, 0.4) is 0 Å². The molecule has 0 aliphatic rings. The minimum atomic E-state index is -1.82. The van der Waals surface area contributed by atoms with E-state index in [-0.39, 0.29) is 16.5 Å². The van der Waals surface area contributed by atoms with Crippen LogP contribution in [0.1, 0.15) is 11.1 Å². The molecule has 0 aliphatic carbocycles. The molecule has 0 saturated carbocycles. The molecular weight excluding hydrogens is 383 g/mol. The molecule has 6 nitrogen and oxygen atoms in total. The Morgan fingerprint density at radius 3 is 1.92 bits per heavy atom. The number of ether oxygens (including phenoxy) is 2. The first-order valence-corrected chi connectivity index (χ1v) is 8.26. The Morgan fingerprint density at radius 1 is 0.885 bits per heavy atom. The van der Waals surface area contributed by atoms with E-state index in [1.807, 2.05) is 0 Å². The molecule has 0 saturated heterocycles. The van der Waals surface area contributed by atoms with E-state index < -0.39 is 24.1 Å². The zero-order chi connectivity index (χ0) is 19.4. The van der Waals surface area contributed by atoms with Crippen LogP contribution in [-0.2, 0) is 9.59 Å². The summed E-state index contributed by atoms with van der Waals surface area (Å²) >= 11 is 11.9. The second-order valence-corrected chi connectivity index (χ2v) is 6.44. The van der Waals surface area contributed by atoms with Crippen molar-refractivity contribution in [1.29, 1.82) is 0 Å². The van der Waals surface area contributed by atoms with Gasteiger partial charge in [-0.05, 0) is 55.3 Å². The average molecular weight is 399 g/mol. The molecule has 0 bridgehead atoms. The summed E-state index contributed by atoms with van der Waals surface area (Å²) in [5.74, 6) is -2.75. The normalized spacial score (nSPS) is 12.9. The number of aryl methyl sites for hydroxylation is 2. The van der Waals surface area contributed by atoms with Crippen molar-refractivity contribution in [2.75, 3.05) is 0 Å². The fourth-order valence-electron chi connectivity index (χ4n) is 2.20. The number of benzene rings is 2. The number of carbonyl (C=O) groups is 2. The number of carboxylic acids is 2. The first kappa shape index (κ1) is 19.9. The van der Waals surface area contributed by atoms with Crippen molar-refractivity contribution in [3.8, 4) is 11.5 Å². The maximum Gasteiger partial charge on any atom is 0.349 e. The third-order valence-electron chi connectivity index (χ3n) is 3.49. The molecule has 0 aromatic heterocycles. The molecule has 2 atom stereocenters. The van der Waals surface area contributed by atoms with Crippen molar-refractivity contribution in [2.24, 2.45) is 0 Å². The maximum absolute atomic E-state index is 11.6. The highest BCUT2D eigenvalue weighted by molar-refractivity contribution is 6.32. The van der Waals surface area contributed by atoms with Crippen LogP contribution in [0.25, 0.3) is 0 Å². The van der Waals surface area contributed by atoms with Crippen LogP contribution in [0.2, 0.25) is 10.0 Å². The second kappa shape index (κ2) is 8.29. The monoisotopic (exact) mass is 398 g/mol. The van der Waals surface area contributed by atoms with E-state index in [4.69, 9.17) is 32.7 Å². The third-order valence-corrected chi connectivity index (χ3v) is 4.02. The summed E-state index contributed by atoms with van der Waals surface area (Å²) in [7, 11) is 0. The Bertz CT molecular complexity index is 767. The quantitative estimate of drug-likeness (QED) is 0.732. The molecular formula is C18H16Cl2O6. The van der Waals surface area contributed by atoms with E-state index in [1.165, 1.54) is 18.2 Å². The van der Waals surface area contributed by atoms with E-state index in [2.05, 4.69) is 0 Å². The highest BCUT2D eigenvalue weighted by atomic mass is 35.5. The molecule has 2 N–H and O–H groups in total. The van der Waals surface area contributed by atoms with Crippen molar-refractivity contribution >= 4 is 35.1 Å². The summed E-state index contributed by atoms with van der Waals surface area (Å²) in [5, 5.41) is 19.5. The molecule has 2 unspecified atom stereocenters. The molecule has 0 fully saturated rings. The van der Waals surface area contributed by atoms with Gasteiger partial charge in [-0.3, -0.25) is 0 Å². The van der Waals surface area contributed by atoms with E-state index in [0.717, 1.165) is 5.56 Å². The number of halogens is 2. The molecule has 8 heteroatoms. The van der Waals surface area contributed by atoms with Gasteiger partial charge in [-0.2, -0.15) is 0 Å². The van der Waals surface area contributed by atoms with Crippen molar-refractivity contribution < 1.29 is 29.3 Å². The Hall–Kier alpha value is -2.44. The number of rotatable bonds is 7. The van der Waals surface area contributed by atoms with Gasteiger partial charge >= 0.3 is 11.9 Å². The zero-order valence-corrected chi connectivity index (χ0v) is 15.4. The van der Waals surface area contributed by atoms with E-state index in [9.17, 15) is 19.8 Å². The third kappa shape index (κ3) is 4.80. The largest absolute Gasteiger partial charge is 0.478 e. The highest BCUT2D eigenvalue weighted by Crippen LogP contribution is 2.28. The number of carboxylic acid groups (broad SMARTS) is 2. The lowest BCUT2D eigenvalue weighted by atomic mass is 10.1. The summed E-state index contributed by atoms with van der Waals surface area (Å²) in [6.45, 7) is 3.46. The maximum atomic E-state index is 11.6.